The molecule has 0 aliphatic carbocycles. The van der Waals surface area contributed by atoms with Crippen molar-refractivity contribution in [3.63, 3.8) is 0 Å². The van der Waals surface area contributed by atoms with Crippen molar-refractivity contribution in [1.29, 1.82) is 0 Å². The average molecular weight is 241 g/mol. The number of nitrogens with one attached hydrogen (secondary N) is 2. The Morgan fingerprint density at radius 2 is 2.19 bits per heavy atom. The summed E-state index contributed by atoms with van der Waals surface area (Å²) >= 11 is 1.61. The van der Waals surface area contributed by atoms with Gasteiger partial charge in [-0.2, -0.15) is 0 Å². The number of carbonyl (C=O) groups is 1. The maximum atomic E-state index is 11.5. The van der Waals surface area contributed by atoms with E-state index in [1.165, 1.54) is 4.88 Å². The van der Waals surface area contributed by atoms with Gasteiger partial charge in [0.2, 0.25) is 5.91 Å². The van der Waals surface area contributed by atoms with Crippen LogP contribution in [0.2, 0.25) is 0 Å². The molecule has 4 nitrogen and oxygen atoms in total. The van der Waals surface area contributed by atoms with Gasteiger partial charge in [-0.3, -0.25) is 4.79 Å². The molecule has 1 aromatic heterocycles. The second kappa shape index (κ2) is 5.41. The van der Waals surface area contributed by atoms with E-state index < -0.39 is 0 Å². The quantitative estimate of drug-likeness (QED) is 0.839. The maximum Gasteiger partial charge on any atom is 0.234 e. The van der Waals surface area contributed by atoms with E-state index in [1.807, 2.05) is 33.2 Å². The Morgan fingerprint density at radius 3 is 2.69 bits per heavy atom. The summed E-state index contributed by atoms with van der Waals surface area (Å²) in [5.74, 6) is 0.0228. The highest BCUT2D eigenvalue weighted by Crippen LogP contribution is 2.10. The largest absolute Gasteiger partial charge is 0.350 e. The number of aromatic nitrogens is 1. The van der Waals surface area contributed by atoms with Crippen molar-refractivity contribution in [3.8, 4) is 0 Å². The fourth-order valence-corrected chi connectivity index (χ4v) is 1.99. The highest BCUT2D eigenvalue weighted by atomic mass is 32.1. The summed E-state index contributed by atoms with van der Waals surface area (Å²) in [7, 11) is 0. The summed E-state index contributed by atoms with van der Waals surface area (Å²) in [6.45, 7) is 8.93. The van der Waals surface area contributed by atoms with Crippen LogP contribution < -0.4 is 10.6 Å². The van der Waals surface area contributed by atoms with Crippen LogP contribution in [0.4, 0.5) is 0 Å². The predicted octanol–water partition coefficient (Wildman–Crippen LogP) is 1.46. The molecule has 0 fully saturated rings. The Labute approximate surface area is 100 Å². The standard InChI is InChI=1S/C11H19N3OS/c1-8-9(16-7-13-8)5-12-6-10(15)14-11(2,3)4/h7,12H,5-6H2,1-4H3,(H,14,15). The molecule has 0 saturated carbocycles. The molecule has 0 saturated heterocycles. The SMILES string of the molecule is Cc1ncsc1CNCC(=O)NC(C)(C)C. The van der Waals surface area contributed by atoms with Gasteiger partial charge < -0.3 is 10.6 Å². The Kier molecular flexibility index (Phi) is 4.44. The molecular formula is C11H19N3OS. The molecule has 90 valence electrons. The van der Waals surface area contributed by atoms with Gasteiger partial charge in [0, 0.05) is 17.0 Å². The van der Waals surface area contributed by atoms with Crippen LogP contribution >= 0.6 is 11.3 Å². The molecule has 0 radical (unpaired) electrons. The zero-order chi connectivity index (χ0) is 12.2. The van der Waals surface area contributed by atoms with Gasteiger partial charge in [0.15, 0.2) is 0 Å². The van der Waals surface area contributed by atoms with Gasteiger partial charge in [-0.1, -0.05) is 0 Å². The maximum absolute atomic E-state index is 11.5. The van der Waals surface area contributed by atoms with Crippen molar-refractivity contribution in [1.82, 2.24) is 15.6 Å². The van der Waals surface area contributed by atoms with Crippen LogP contribution in [0.1, 0.15) is 31.3 Å². The molecule has 0 spiro atoms. The van der Waals surface area contributed by atoms with E-state index in [0.717, 1.165) is 5.69 Å². The normalized spacial score (nSPS) is 11.5. The van der Waals surface area contributed by atoms with Gasteiger partial charge in [0.25, 0.3) is 0 Å². The van der Waals surface area contributed by atoms with E-state index in [0.29, 0.717) is 13.1 Å². The van der Waals surface area contributed by atoms with Gasteiger partial charge >= 0.3 is 0 Å². The smallest absolute Gasteiger partial charge is 0.234 e. The molecule has 0 unspecified atom stereocenters. The number of nitrogens with zero attached hydrogens (tertiary/aromatic N) is 1. The average Bonchev–Trinajstić information content (AvgIpc) is 2.48. The van der Waals surface area contributed by atoms with Crippen molar-refractivity contribution in [3.05, 3.63) is 16.1 Å². The van der Waals surface area contributed by atoms with Crippen LogP contribution in [0.5, 0.6) is 0 Å². The molecule has 1 heterocycles. The van der Waals surface area contributed by atoms with Gasteiger partial charge in [0.1, 0.15) is 0 Å². The van der Waals surface area contributed by atoms with E-state index in [-0.39, 0.29) is 11.4 Å². The third kappa shape index (κ3) is 4.72. The summed E-state index contributed by atoms with van der Waals surface area (Å²) in [5.41, 5.74) is 2.69. The first-order chi connectivity index (χ1) is 7.38. The lowest BCUT2D eigenvalue weighted by molar-refractivity contribution is -0.121. The molecule has 0 aliphatic rings. The molecule has 16 heavy (non-hydrogen) atoms. The number of amides is 1. The first kappa shape index (κ1) is 13.1. The summed E-state index contributed by atoms with van der Waals surface area (Å²) in [6, 6.07) is 0. The van der Waals surface area contributed by atoms with E-state index in [1.54, 1.807) is 11.3 Å². The topological polar surface area (TPSA) is 54.0 Å². The van der Waals surface area contributed by atoms with Crippen LogP contribution in [0.3, 0.4) is 0 Å². The number of hydrogen-bond donors (Lipinski definition) is 2. The lowest BCUT2D eigenvalue weighted by Crippen LogP contribution is -2.44. The summed E-state index contributed by atoms with van der Waals surface area (Å²) < 4.78 is 0. The van der Waals surface area contributed by atoms with Crippen LogP contribution in [0, 0.1) is 6.92 Å². The Hall–Kier alpha value is -0.940. The summed E-state index contributed by atoms with van der Waals surface area (Å²) in [6.07, 6.45) is 0. The molecule has 1 rings (SSSR count). The molecule has 1 aromatic rings. The zero-order valence-corrected chi connectivity index (χ0v) is 11.1. The second-order valence-electron chi connectivity index (χ2n) is 4.76. The summed E-state index contributed by atoms with van der Waals surface area (Å²) in [5, 5.41) is 6.01. The van der Waals surface area contributed by atoms with Crippen molar-refractivity contribution in [2.24, 2.45) is 0 Å². The minimum atomic E-state index is -0.167. The monoisotopic (exact) mass is 241 g/mol. The predicted molar refractivity (Wildman–Crippen MR) is 66.5 cm³/mol. The highest BCUT2D eigenvalue weighted by molar-refractivity contribution is 7.09. The van der Waals surface area contributed by atoms with Crippen molar-refractivity contribution < 1.29 is 4.79 Å². The number of rotatable bonds is 4. The first-order valence-electron chi connectivity index (χ1n) is 5.29. The van der Waals surface area contributed by atoms with E-state index in [9.17, 15) is 4.79 Å². The van der Waals surface area contributed by atoms with Crippen LogP contribution in [-0.4, -0.2) is 23.0 Å². The fourth-order valence-electron chi connectivity index (χ4n) is 1.25. The van der Waals surface area contributed by atoms with Crippen molar-refractivity contribution in [2.75, 3.05) is 6.54 Å². The van der Waals surface area contributed by atoms with Crippen molar-refractivity contribution in [2.45, 2.75) is 39.8 Å². The number of thiazole rings is 1. The zero-order valence-electron chi connectivity index (χ0n) is 10.3. The number of aryl methyl sites for hydroxylation is 1. The van der Waals surface area contributed by atoms with Crippen molar-refractivity contribution >= 4 is 17.2 Å². The Balaban J connectivity index is 2.26. The minimum Gasteiger partial charge on any atom is -0.350 e. The minimum absolute atomic E-state index is 0.0228. The van der Waals surface area contributed by atoms with Gasteiger partial charge in [-0.05, 0) is 27.7 Å². The van der Waals surface area contributed by atoms with Crippen LogP contribution in [0.15, 0.2) is 5.51 Å². The van der Waals surface area contributed by atoms with E-state index in [4.69, 9.17) is 0 Å². The van der Waals surface area contributed by atoms with E-state index >= 15 is 0 Å². The Bertz CT molecular complexity index is 354. The van der Waals surface area contributed by atoms with Gasteiger partial charge in [0.05, 0.1) is 17.7 Å². The van der Waals surface area contributed by atoms with Gasteiger partial charge in [-0.15, -0.1) is 11.3 Å². The van der Waals surface area contributed by atoms with Crippen LogP contribution in [0.25, 0.3) is 0 Å². The Morgan fingerprint density at radius 1 is 1.50 bits per heavy atom. The highest BCUT2D eigenvalue weighted by Gasteiger charge is 2.13. The van der Waals surface area contributed by atoms with Crippen LogP contribution in [-0.2, 0) is 11.3 Å². The molecule has 0 aliphatic heterocycles. The third-order valence-electron chi connectivity index (χ3n) is 1.93. The molecule has 5 heteroatoms. The number of hydrogen-bond acceptors (Lipinski definition) is 4. The fraction of sp³-hybridized carbons (Fsp3) is 0.636. The molecule has 2 N–H and O–H groups in total. The molecular weight excluding hydrogens is 222 g/mol. The molecule has 0 aromatic carbocycles. The second-order valence-corrected chi connectivity index (χ2v) is 5.70. The van der Waals surface area contributed by atoms with Gasteiger partial charge in [-0.25, -0.2) is 4.98 Å². The third-order valence-corrected chi connectivity index (χ3v) is 2.87. The molecule has 0 bridgehead atoms. The summed E-state index contributed by atoms with van der Waals surface area (Å²) in [4.78, 5) is 16.8. The lowest BCUT2D eigenvalue weighted by atomic mass is 10.1. The number of carbonyl (C=O) groups excluding carboxylic acids is 1. The lowest BCUT2D eigenvalue weighted by Gasteiger charge is -2.20. The first-order valence-corrected chi connectivity index (χ1v) is 6.17. The van der Waals surface area contributed by atoms with E-state index in [2.05, 4.69) is 15.6 Å². The molecule has 1 amide bonds. The molecule has 0 atom stereocenters.